The third kappa shape index (κ3) is 1.49. The molecule has 0 saturated carbocycles. The molecule has 0 aliphatic rings. The van der Waals surface area contributed by atoms with Crippen molar-refractivity contribution >= 4 is 12.0 Å². The van der Waals surface area contributed by atoms with Crippen LogP contribution in [0.2, 0.25) is 0 Å². The molecule has 0 fully saturated rings. The van der Waals surface area contributed by atoms with Gasteiger partial charge in [-0.3, -0.25) is 4.79 Å². The number of benzene rings is 1. The molecule has 0 aliphatic carbocycles. The lowest BCUT2D eigenvalue weighted by atomic mass is 10.0. The van der Waals surface area contributed by atoms with E-state index in [-0.39, 0.29) is 0 Å². The summed E-state index contributed by atoms with van der Waals surface area (Å²) in [6.07, 6.45) is 0.740. The number of nitrogens with two attached hydrogens (primary N) is 1. The first kappa shape index (κ1) is 9.58. The van der Waals surface area contributed by atoms with Gasteiger partial charge in [-0.25, -0.2) is 0 Å². The van der Waals surface area contributed by atoms with Crippen LogP contribution in [0.4, 0.5) is 5.69 Å². The molecule has 2 N–H and O–H groups in total. The monoisotopic (exact) mass is 179 g/mol. The van der Waals surface area contributed by atoms with Crippen LogP contribution in [0.15, 0.2) is 6.07 Å². The lowest BCUT2D eigenvalue weighted by Crippen LogP contribution is -2.01. The van der Waals surface area contributed by atoms with Gasteiger partial charge in [0.25, 0.3) is 0 Å². The minimum Gasteiger partial charge on any atom is -0.494 e. The highest BCUT2D eigenvalue weighted by Gasteiger charge is 2.10. The van der Waals surface area contributed by atoms with Gasteiger partial charge in [-0.05, 0) is 31.0 Å². The quantitative estimate of drug-likeness (QED) is 0.555. The molecule has 0 amide bonds. The predicted molar refractivity (Wildman–Crippen MR) is 52.3 cm³/mol. The number of carbonyl (C=O) groups is 1. The minimum absolute atomic E-state index is 0.417. The standard InChI is InChI=1S/C10H13NO2/c1-6-4-8(5-12)9(11)10(13-3)7(6)2/h4-5H,11H2,1-3H3. The maximum atomic E-state index is 10.6. The number of hydrogen-bond acceptors (Lipinski definition) is 3. The molecule has 0 saturated heterocycles. The Morgan fingerprint density at radius 2 is 2.08 bits per heavy atom. The van der Waals surface area contributed by atoms with Gasteiger partial charge in [0.05, 0.1) is 12.8 Å². The maximum Gasteiger partial charge on any atom is 0.152 e. The van der Waals surface area contributed by atoms with Crippen molar-refractivity contribution in [3.63, 3.8) is 0 Å². The topological polar surface area (TPSA) is 52.3 Å². The van der Waals surface area contributed by atoms with E-state index < -0.39 is 0 Å². The summed E-state index contributed by atoms with van der Waals surface area (Å²) in [6, 6.07) is 1.76. The van der Waals surface area contributed by atoms with E-state index in [1.807, 2.05) is 13.8 Å². The second-order valence-corrected chi connectivity index (χ2v) is 2.97. The third-order valence-electron chi connectivity index (χ3n) is 2.19. The summed E-state index contributed by atoms with van der Waals surface area (Å²) in [5.74, 6) is 0.599. The molecule has 0 spiro atoms. The first-order chi connectivity index (χ1) is 6.11. The van der Waals surface area contributed by atoms with Crippen molar-refractivity contribution in [2.45, 2.75) is 13.8 Å². The van der Waals surface area contributed by atoms with E-state index in [2.05, 4.69) is 0 Å². The van der Waals surface area contributed by atoms with Crippen molar-refractivity contribution in [1.82, 2.24) is 0 Å². The van der Waals surface area contributed by atoms with Crippen LogP contribution >= 0.6 is 0 Å². The average Bonchev–Trinajstić information content (AvgIpc) is 2.12. The molecular weight excluding hydrogens is 166 g/mol. The molecule has 0 heterocycles. The smallest absolute Gasteiger partial charge is 0.152 e. The normalized spacial score (nSPS) is 9.77. The number of carbonyl (C=O) groups excluding carboxylic acids is 1. The van der Waals surface area contributed by atoms with Gasteiger partial charge in [-0.2, -0.15) is 0 Å². The second-order valence-electron chi connectivity index (χ2n) is 2.97. The Balaban J connectivity index is 3.47. The van der Waals surface area contributed by atoms with Crippen molar-refractivity contribution in [3.8, 4) is 5.75 Å². The van der Waals surface area contributed by atoms with Crippen molar-refractivity contribution in [3.05, 3.63) is 22.8 Å². The highest BCUT2D eigenvalue weighted by Crippen LogP contribution is 2.30. The molecule has 0 atom stereocenters. The SMILES string of the molecule is COc1c(C)c(C)cc(C=O)c1N. The Kier molecular flexibility index (Phi) is 2.56. The number of nitrogen functional groups attached to an aromatic ring is 1. The predicted octanol–water partition coefficient (Wildman–Crippen LogP) is 1.71. The molecule has 0 radical (unpaired) electrons. The van der Waals surface area contributed by atoms with Gasteiger partial charge in [0.2, 0.25) is 0 Å². The van der Waals surface area contributed by atoms with Crippen molar-refractivity contribution in [2.75, 3.05) is 12.8 Å². The first-order valence-corrected chi connectivity index (χ1v) is 4.00. The minimum atomic E-state index is 0.417. The summed E-state index contributed by atoms with van der Waals surface area (Å²) >= 11 is 0. The van der Waals surface area contributed by atoms with Gasteiger partial charge in [0.15, 0.2) is 6.29 Å². The molecular formula is C10H13NO2. The lowest BCUT2D eigenvalue weighted by molar-refractivity contribution is 0.112. The molecule has 13 heavy (non-hydrogen) atoms. The molecule has 1 aromatic carbocycles. The summed E-state index contributed by atoms with van der Waals surface area (Å²) in [5.41, 5.74) is 8.61. The van der Waals surface area contributed by atoms with Gasteiger partial charge in [-0.15, -0.1) is 0 Å². The fourth-order valence-electron chi connectivity index (χ4n) is 1.29. The van der Waals surface area contributed by atoms with E-state index in [0.717, 1.165) is 17.4 Å². The van der Waals surface area contributed by atoms with Crippen LogP contribution < -0.4 is 10.5 Å². The Labute approximate surface area is 77.5 Å². The van der Waals surface area contributed by atoms with E-state index in [1.165, 1.54) is 0 Å². The molecule has 3 heteroatoms. The fraction of sp³-hybridized carbons (Fsp3) is 0.300. The number of aryl methyl sites for hydroxylation is 1. The van der Waals surface area contributed by atoms with Gasteiger partial charge >= 0.3 is 0 Å². The van der Waals surface area contributed by atoms with E-state index in [9.17, 15) is 4.79 Å². The van der Waals surface area contributed by atoms with Gasteiger partial charge in [0, 0.05) is 5.56 Å². The number of aldehydes is 1. The van der Waals surface area contributed by atoms with Crippen LogP contribution in [0.5, 0.6) is 5.75 Å². The van der Waals surface area contributed by atoms with Crippen molar-refractivity contribution in [2.24, 2.45) is 0 Å². The fourth-order valence-corrected chi connectivity index (χ4v) is 1.29. The van der Waals surface area contributed by atoms with Crippen LogP contribution in [0.25, 0.3) is 0 Å². The first-order valence-electron chi connectivity index (χ1n) is 4.00. The molecule has 1 rings (SSSR count). The number of methoxy groups -OCH3 is 1. The maximum absolute atomic E-state index is 10.6. The summed E-state index contributed by atoms with van der Waals surface area (Å²) in [6.45, 7) is 3.84. The van der Waals surface area contributed by atoms with Crippen LogP contribution in [-0.2, 0) is 0 Å². The van der Waals surface area contributed by atoms with Crippen molar-refractivity contribution in [1.29, 1.82) is 0 Å². The zero-order chi connectivity index (χ0) is 10.0. The highest BCUT2D eigenvalue weighted by atomic mass is 16.5. The molecule has 0 unspecified atom stereocenters. The van der Waals surface area contributed by atoms with Gasteiger partial charge < -0.3 is 10.5 Å². The Morgan fingerprint density at radius 3 is 2.54 bits per heavy atom. The zero-order valence-corrected chi connectivity index (χ0v) is 8.05. The number of ether oxygens (including phenoxy) is 1. The molecule has 0 aromatic heterocycles. The number of rotatable bonds is 2. The third-order valence-corrected chi connectivity index (χ3v) is 2.19. The largest absolute Gasteiger partial charge is 0.494 e. The van der Waals surface area contributed by atoms with Crippen LogP contribution in [0, 0.1) is 13.8 Å². The second kappa shape index (κ2) is 3.47. The van der Waals surface area contributed by atoms with E-state index in [1.54, 1.807) is 13.2 Å². The summed E-state index contributed by atoms with van der Waals surface area (Å²) in [5, 5.41) is 0. The lowest BCUT2D eigenvalue weighted by Gasteiger charge is -2.12. The number of hydrogen-bond donors (Lipinski definition) is 1. The zero-order valence-electron chi connectivity index (χ0n) is 8.05. The molecule has 0 bridgehead atoms. The van der Waals surface area contributed by atoms with Crippen molar-refractivity contribution < 1.29 is 9.53 Å². The molecule has 0 aliphatic heterocycles. The summed E-state index contributed by atoms with van der Waals surface area (Å²) in [7, 11) is 1.55. The Hall–Kier alpha value is -1.51. The highest BCUT2D eigenvalue weighted by molar-refractivity contribution is 5.87. The van der Waals surface area contributed by atoms with E-state index >= 15 is 0 Å². The van der Waals surface area contributed by atoms with E-state index in [0.29, 0.717) is 17.0 Å². The summed E-state index contributed by atoms with van der Waals surface area (Å²) in [4.78, 5) is 10.6. The summed E-state index contributed by atoms with van der Waals surface area (Å²) < 4.78 is 5.12. The Bertz CT molecular complexity index is 345. The molecule has 3 nitrogen and oxygen atoms in total. The molecule has 70 valence electrons. The Morgan fingerprint density at radius 1 is 1.46 bits per heavy atom. The molecule has 1 aromatic rings. The van der Waals surface area contributed by atoms with Crippen LogP contribution in [-0.4, -0.2) is 13.4 Å². The number of anilines is 1. The van der Waals surface area contributed by atoms with Gasteiger partial charge in [0.1, 0.15) is 5.75 Å². The van der Waals surface area contributed by atoms with Crippen LogP contribution in [0.1, 0.15) is 21.5 Å². The van der Waals surface area contributed by atoms with Crippen LogP contribution in [0.3, 0.4) is 0 Å². The van der Waals surface area contributed by atoms with Gasteiger partial charge in [-0.1, -0.05) is 0 Å². The average molecular weight is 179 g/mol. The van der Waals surface area contributed by atoms with E-state index in [4.69, 9.17) is 10.5 Å².